The molecule has 0 saturated carbocycles. The number of nitrogens with one attached hydrogen (secondary N) is 1. The molecule has 0 aromatic heterocycles. The molecule has 3 heteroatoms. The molecule has 0 spiro atoms. The molecule has 106 valence electrons. The molecule has 0 heterocycles. The summed E-state index contributed by atoms with van der Waals surface area (Å²) in [6, 6.07) is 6.76. The van der Waals surface area contributed by atoms with E-state index < -0.39 is 0 Å². The maximum Gasteiger partial charge on any atom is 0.115 e. The Bertz CT molecular complexity index is 421. The second-order valence-electron chi connectivity index (χ2n) is 6.16. The number of phenolic OH excluding ortho intramolecular Hbond substituents is 1. The van der Waals surface area contributed by atoms with Crippen LogP contribution in [0.15, 0.2) is 18.2 Å². The van der Waals surface area contributed by atoms with Crippen LogP contribution in [0.2, 0.25) is 0 Å². The van der Waals surface area contributed by atoms with E-state index in [-0.39, 0.29) is 0 Å². The van der Waals surface area contributed by atoms with E-state index in [0.29, 0.717) is 23.8 Å². The van der Waals surface area contributed by atoms with Gasteiger partial charge >= 0.3 is 0 Å². The van der Waals surface area contributed by atoms with Crippen LogP contribution in [0.25, 0.3) is 0 Å². The minimum absolute atomic E-state index is 0.382. The molecule has 1 aromatic rings. The summed E-state index contributed by atoms with van der Waals surface area (Å²) in [7, 11) is 4.29. The zero-order valence-electron chi connectivity index (χ0n) is 12.5. The number of hydrogen-bond donors (Lipinski definition) is 2. The van der Waals surface area contributed by atoms with Crippen LogP contribution in [-0.4, -0.2) is 36.7 Å². The fraction of sp³-hybridized carbons (Fsp3) is 0.625. The van der Waals surface area contributed by atoms with E-state index in [1.807, 2.05) is 6.07 Å². The summed E-state index contributed by atoms with van der Waals surface area (Å²) in [5.74, 6) is 1.02. The Labute approximate surface area is 116 Å². The maximum absolute atomic E-state index is 9.52. The minimum atomic E-state index is 0.382. The van der Waals surface area contributed by atoms with Gasteiger partial charge in [-0.25, -0.2) is 0 Å². The highest BCUT2D eigenvalue weighted by Gasteiger charge is 2.24. The van der Waals surface area contributed by atoms with E-state index in [4.69, 9.17) is 0 Å². The van der Waals surface area contributed by atoms with Crippen LogP contribution in [0.3, 0.4) is 0 Å². The summed E-state index contributed by atoms with van der Waals surface area (Å²) >= 11 is 0. The lowest BCUT2D eigenvalue weighted by atomic mass is 10.0. The van der Waals surface area contributed by atoms with Crippen molar-refractivity contribution in [1.82, 2.24) is 10.2 Å². The zero-order chi connectivity index (χ0) is 14.0. The van der Waals surface area contributed by atoms with Crippen LogP contribution in [0.1, 0.15) is 37.4 Å². The Morgan fingerprint density at radius 1 is 1.37 bits per heavy atom. The van der Waals surface area contributed by atoms with Crippen molar-refractivity contribution < 1.29 is 5.11 Å². The second-order valence-corrected chi connectivity index (χ2v) is 6.16. The molecule has 2 N–H and O–H groups in total. The molecule has 19 heavy (non-hydrogen) atoms. The molecular weight excluding hydrogens is 236 g/mol. The van der Waals surface area contributed by atoms with Gasteiger partial charge in [-0.2, -0.15) is 0 Å². The van der Waals surface area contributed by atoms with Crippen LogP contribution in [0.4, 0.5) is 0 Å². The molecule has 2 unspecified atom stereocenters. The fourth-order valence-electron chi connectivity index (χ4n) is 3.09. The number of likely N-dealkylation sites (N-methyl/N-ethyl adjacent to an activating group) is 1. The van der Waals surface area contributed by atoms with Crippen LogP contribution in [-0.2, 0) is 6.42 Å². The standard InChI is InChI=1S/C16H26N2O/c1-11(2)16(18(3)4)10-17-15-8-5-12-9-13(19)6-7-14(12)15/h6-7,9,11,15-17,19H,5,8,10H2,1-4H3. The lowest BCUT2D eigenvalue weighted by Gasteiger charge is -2.29. The van der Waals surface area contributed by atoms with Gasteiger partial charge in [0.15, 0.2) is 0 Å². The van der Waals surface area contributed by atoms with Crippen LogP contribution in [0.5, 0.6) is 5.75 Å². The number of nitrogens with zero attached hydrogens (tertiary/aromatic N) is 1. The van der Waals surface area contributed by atoms with Crippen molar-refractivity contribution in [3.63, 3.8) is 0 Å². The van der Waals surface area contributed by atoms with Crippen molar-refractivity contribution in [1.29, 1.82) is 0 Å². The minimum Gasteiger partial charge on any atom is -0.508 e. The van der Waals surface area contributed by atoms with Crippen LogP contribution >= 0.6 is 0 Å². The molecule has 1 aliphatic rings. The Morgan fingerprint density at radius 3 is 2.74 bits per heavy atom. The van der Waals surface area contributed by atoms with Gasteiger partial charge in [0.1, 0.15) is 5.75 Å². The first kappa shape index (κ1) is 14.4. The SMILES string of the molecule is CC(C)C(CNC1CCc2cc(O)ccc21)N(C)C. The van der Waals surface area contributed by atoms with E-state index in [1.165, 1.54) is 11.1 Å². The van der Waals surface area contributed by atoms with E-state index in [9.17, 15) is 5.11 Å². The predicted octanol–water partition coefficient (Wildman–Crippen LogP) is 2.56. The number of aryl methyl sites for hydroxylation is 1. The van der Waals surface area contributed by atoms with Gasteiger partial charge in [-0.05, 0) is 56.1 Å². The van der Waals surface area contributed by atoms with Crippen molar-refractivity contribution in [3.8, 4) is 5.75 Å². The first-order valence-electron chi connectivity index (χ1n) is 7.20. The van der Waals surface area contributed by atoms with Crippen molar-refractivity contribution in [2.24, 2.45) is 5.92 Å². The largest absolute Gasteiger partial charge is 0.508 e. The number of benzene rings is 1. The average Bonchev–Trinajstić information content (AvgIpc) is 2.71. The molecule has 0 aliphatic heterocycles. The second kappa shape index (κ2) is 5.93. The summed E-state index contributed by atoms with van der Waals surface area (Å²) in [5, 5.41) is 13.2. The van der Waals surface area contributed by atoms with E-state index >= 15 is 0 Å². The Hall–Kier alpha value is -1.06. The van der Waals surface area contributed by atoms with E-state index in [1.54, 1.807) is 6.07 Å². The summed E-state index contributed by atoms with van der Waals surface area (Å²) < 4.78 is 0. The quantitative estimate of drug-likeness (QED) is 0.856. The smallest absolute Gasteiger partial charge is 0.115 e. The van der Waals surface area contributed by atoms with E-state index in [0.717, 1.165) is 19.4 Å². The van der Waals surface area contributed by atoms with Crippen molar-refractivity contribution >= 4 is 0 Å². The highest BCUT2D eigenvalue weighted by atomic mass is 16.3. The van der Waals surface area contributed by atoms with Crippen LogP contribution in [0, 0.1) is 5.92 Å². The molecule has 0 bridgehead atoms. The molecule has 1 aromatic carbocycles. The lowest BCUT2D eigenvalue weighted by molar-refractivity contribution is 0.218. The monoisotopic (exact) mass is 262 g/mol. The Balaban J connectivity index is 1.99. The van der Waals surface area contributed by atoms with Gasteiger partial charge < -0.3 is 15.3 Å². The molecule has 0 fully saturated rings. The molecule has 3 nitrogen and oxygen atoms in total. The molecule has 0 amide bonds. The number of aromatic hydroxyl groups is 1. The van der Waals surface area contributed by atoms with Crippen molar-refractivity contribution in [3.05, 3.63) is 29.3 Å². The lowest BCUT2D eigenvalue weighted by Crippen LogP contribution is -2.42. The summed E-state index contributed by atoms with van der Waals surface area (Å²) in [5.41, 5.74) is 2.66. The first-order chi connectivity index (χ1) is 8.99. The zero-order valence-corrected chi connectivity index (χ0v) is 12.5. The number of fused-ring (bicyclic) bond motifs is 1. The van der Waals surface area contributed by atoms with Gasteiger partial charge in [0.2, 0.25) is 0 Å². The van der Waals surface area contributed by atoms with Crippen molar-refractivity contribution in [2.75, 3.05) is 20.6 Å². The third kappa shape index (κ3) is 3.28. The van der Waals surface area contributed by atoms with Gasteiger partial charge in [0, 0.05) is 18.6 Å². The maximum atomic E-state index is 9.52. The number of rotatable bonds is 5. The number of phenols is 1. The van der Waals surface area contributed by atoms with Crippen LogP contribution < -0.4 is 5.32 Å². The molecule has 1 aliphatic carbocycles. The molecular formula is C16H26N2O. The average molecular weight is 262 g/mol. The Kier molecular flexibility index (Phi) is 4.48. The van der Waals surface area contributed by atoms with Gasteiger partial charge in [0.05, 0.1) is 0 Å². The highest BCUT2D eigenvalue weighted by molar-refractivity contribution is 5.40. The first-order valence-corrected chi connectivity index (χ1v) is 7.20. The van der Waals surface area contributed by atoms with Gasteiger partial charge in [0.25, 0.3) is 0 Å². The van der Waals surface area contributed by atoms with Crippen molar-refractivity contribution in [2.45, 2.75) is 38.8 Å². The van der Waals surface area contributed by atoms with Gasteiger partial charge in [-0.15, -0.1) is 0 Å². The van der Waals surface area contributed by atoms with E-state index in [2.05, 4.69) is 44.2 Å². The highest BCUT2D eigenvalue weighted by Crippen LogP contribution is 2.33. The Morgan fingerprint density at radius 2 is 2.11 bits per heavy atom. The molecule has 0 radical (unpaired) electrons. The fourth-order valence-corrected chi connectivity index (χ4v) is 3.09. The third-order valence-corrected chi connectivity index (χ3v) is 4.21. The summed E-state index contributed by atoms with van der Waals surface area (Å²) in [4.78, 5) is 2.30. The third-order valence-electron chi connectivity index (χ3n) is 4.21. The molecule has 2 rings (SSSR count). The van der Waals surface area contributed by atoms with Gasteiger partial charge in [-0.3, -0.25) is 0 Å². The molecule has 0 saturated heterocycles. The normalized spacial score (nSPS) is 20.0. The molecule has 2 atom stereocenters. The number of hydrogen-bond acceptors (Lipinski definition) is 3. The topological polar surface area (TPSA) is 35.5 Å². The predicted molar refractivity (Wildman–Crippen MR) is 79.5 cm³/mol. The summed E-state index contributed by atoms with van der Waals surface area (Å²) in [6.07, 6.45) is 2.20. The van der Waals surface area contributed by atoms with Gasteiger partial charge in [-0.1, -0.05) is 19.9 Å². The summed E-state index contributed by atoms with van der Waals surface area (Å²) in [6.45, 7) is 5.55.